The molecule has 8 heteroatoms. The SMILES string of the molecule is CCN(CC)c1ccc(-n2c(C)cc(C=C3SC(=O)N(CC(=O)N4CCCCC4)C3=O)c2C)cc1. The molecule has 3 heterocycles. The molecule has 0 N–H and O–H groups in total. The summed E-state index contributed by atoms with van der Waals surface area (Å²) in [4.78, 5) is 43.7. The molecule has 0 radical (unpaired) electrons. The largest absolute Gasteiger partial charge is 0.372 e. The van der Waals surface area contributed by atoms with Crippen molar-refractivity contribution in [3.8, 4) is 5.69 Å². The van der Waals surface area contributed by atoms with E-state index in [1.54, 1.807) is 11.0 Å². The van der Waals surface area contributed by atoms with Crippen molar-refractivity contribution in [1.82, 2.24) is 14.4 Å². The lowest BCUT2D eigenvalue weighted by Gasteiger charge is -2.27. The Balaban J connectivity index is 1.53. The van der Waals surface area contributed by atoms with E-state index in [2.05, 4.69) is 47.6 Å². The number of aryl methyl sites for hydroxylation is 1. The zero-order chi connectivity index (χ0) is 25.1. The Kier molecular flexibility index (Phi) is 7.69. The van der Waals surface area contributed by atoms with Gasteiger partial charge in [0.15, 0.2) is 0 Å². The molecule has 1 aromatic carbocycles. The third kappa shape index (κ3) is 5.17. The van der Waals surface area contributed by atoms with Crippen molar-refractivity contribution < 1.29 is 14.4 Å². The van der Waals surface area contributed by atoms with Crippen LogP contribution in [0.25, 0.3) is 11.8 Å². The molecule has 2 fully saturated rings. The molecular formula is C27H34N4O3S. The molecule has 0 atom stereocenters. The molecule has 2 aliphatic heterocycles. The molecular weight excluding hydrogens is 460 g/mol. The third-order valence-electron chi connectivity index (χ3n) is 6.87. The van der Waals surface area contributed by atoms with Crippen LogP contribution in [0.2, 0.25) is 0 Å². The van der Waals surface area contributed by atoms with Crippen molar-refractivity contribution in [2.75, 3.05) is 37.6 Å². The van der Waals surface area contributed by atoms with Gasteiger partial charge in [0.05, 0.1) is 4.91 Å². The van der Waals surface area contributed by atoms with E-state index < -0.39 is 5.91 Å². The van der Waals surface area contributed by atoms with Gasteiger partial charge in [0.2, 0.25) is 5.91 Å². The minimum atomic E-state index is -0.390. The van der Waals surface area contributed by atoms with Gasteiger partial charge in [-0.05, 0) is 101 Å². The zero-order valence-corrected chi connectivity index (χ0v) is 21.9. The predicted molar refractivity (Wildman–Crippen MR) is 142 cm³/mol. The second-order valence-electron chi connectivity index (χ2n) is 9.06. The minimum Gasteiger partial charge on any atom is -0.372 e. The number of piperidine rings is 1. The van der Waals surface area contributed by atoms with E-state index in [0.29, 0.717) is 18.0 Å². The van der Waals surface area contributed by atoms with Crippen molar-refractivity contribution in [3.05, 3.63) is 52.2 Å². The normalized spacial score (nSPS) is 17.5. The lowest BCUT2D eigenvalue weighted by atomic mass is 10.1. The highest BCUT2D eigenvalue weighted by molar-refractivity contribution is 8.18. The Morgan fingerprint density at radius 1 is 1.03 bits per heavy atom. The highest BCUT2D eigenvalue weighted by Gasteiger charge is 2.37. The average Bonchev–Trinajstić information content (AvgIpc) is 3.29. The van der Waals surface area contributed by atoms with E-state index in [4.69, 9.17) is 0 Å². The number of likely N-dealkylation sites (tertiary alicyclic amines) is 1. The first-order chi connectivity index (χ1) is 16.8. The van der Waals surface area contributed by atoms with Crippen LogP contribution in [0.5, 0.6) is 0 Å². The smallest absolute Gasteiger partial charge is 0.294 e. The van der Waals surface area contributed by atoms with Crippen molar-refractivity contribution in [2.24, 2.45) is 0 Å². The van der Waals surface area contributed by atoms with Gasteiger partial charge in [-0.25, -0.2) is 0 Å². The molecule has 1 aromatic heterocycles. The monoisotopic (exact) mass is 494 g/mol. The number of anilines is 1. The van der Waals surface area contributed by atoms with Gasteiger partial charge in [-0.1, -0.05) is 0 Å². The molecule has 2 aliphatic rings. The molecule has 2 saturated heterocycles. The van der Waals surface area contributed by atoms with E-state index in [1.165, 1.54) is 5.69 Å². The molecule has 186 valence electrons. The lowest BCUT2D eigenvalue weighted by Crippen LogP contribution is -2.44. The second-order valence-corrected chi connectivity index (χ2v) is 10.1. The Hall–Kier alpha value is -3.00. The van der Waals surface area contributed by atoms with Crippen LogP contribution in [0.1, 0.15) is 50.1 Å². The quantitative estimate of drug-likeness (QED) is 0.508. The van der Waals surface area contributed by atoms with Gasteiger partial charge in [-0.15, -0.1) is 0 Å². The Morgan fingerprint density at radius 2 is 1.69 bits per heavy atom. The summed E-state index contributed by atoms with van der Waals surface area (Å²) in [5, 5.41) is -0.382. The fraction of sp³-hybridized carbons (Fsp3) is 0.444. The molecule has 0 aliphatic carbocycles. The maximum Gasteiger partial charge on any atom is 0.294 e. The zero-order valence-electron chi connectivity index (χ0n) is 21.0. The average molecular weight is 495 g/mol. The topological polar surface area (TPSA) is 65.9 Å². The first-order valence-electron chi connectivity index (χ1n) is 12.4. The minimum absolute atomic E-state index is 0.153. The summed E-state index contributed by atoms with van der Waals surface area (Å²) in [6.07, 6.45) is 4.84. The van der Waals surface area contributed by atoms with Crippen LogP contribution in [0.4, 0.5) is 10.5 Å². The van der Waals surface area contributed by atoms with Gasteiger partial charge < -0.3 is 14.4 Å². The van der Waals surface area contributed by atoms with Crippen molar-refractivity contribution >= 4 is 40.6 Å². The fourth-order valence-electron chi connectivity index (χ4n) is 4.89. The summed E-state index contributed by atoms with van der Waals surface area (Å²) in [5.74, 6) is -0.543. The number of hydrogen-bond donors (Lipinski definition) is 0. The summed E-state index contributed by atoms with van der Waals surface area (Å²) in [5.41, 5.74) is 5.17. The molecule has 4 rings (SSSR count). The van der Waals surface area contributed by atoms with Gasteiger partial charge >= 0.3 is 0 Å². The Morgan fingerprint density at radius 3 is 2.31 bits per heavy atom. The summed E-state index contributed by atoms with van der Waals surface area (Å²) in [6.45, 7) is 11.5. The van der Waals surface area contributed by atoms with Crippen molar-refractivity contribution in [3.63, 3.8) is 0 Å². The van der Waals surface area contributed by atoms with Gasteiger partial charge in [0.25, 0.3) is 11.1 Å². The first kappa shape index (κ1) is 25.1. The van der Waals surface area contributed by atoms with Crippen LogP contribution in [0.15, 0.2) is 35.2 Å². The van der Waals surface area contributed by atoms with Crippen LogP contribution in [0.3, 0.4) is 0 Å². The van der Waals surface area contributed by atoms with Crippen LogP contribution in [-0.4, -0.2) is 64.1 Å². The molecule has 0 bridgehead atoms. The summed E-state index contributed by atoms with van der Waals surface area (Å²) in [6, 6.07) is 10.5. The maximum absolute atomic E-state index is 13.0. The van der Waals surface area contributed by atoms with Crippen LogP contribution >= 0.6 is 11.8 Å². The highest BCUT2D eigenvalue weighted by atomic mass is 32.2. The number of aromatic nitrogens is 1. The Bertz CT molecular complexity index is 1140. The number of hydrogen-bond acceptors (Lipinski definition) is 5. The fourth-order valence-corrected chi connectivity index (χ4v) is 5.72. The Labute approximate surface area is 211 Å². The van der Waals surface area contributed by atoms with E-state index in [0.717, 1.165) is 71.7 Å². The first-order valence-corrected chi connectivity index (χ1v) is 13.2. The maximum atomic E-state index is 13.0. The van der Waals surface area contributed by atoms with Gasteiger partial charge in [-0.2, -0.15) is 0 Å². The van der Waals surface area contributed by atoms with E-state index in [-0.39, 0.29) is 17.7 Å². The number of rotatable bonds is 7. The number of benzene rings is 1. The number of imide groups is 1. The lowest BCUT2D eigenvalue weighted by molar-refractivity contribution is -0.136. The van der Waals surface area contributed by atoms with Gasteiger partial charge in [-0.3, -0.25) is 19.3 Å². The molecule has 0 spiro atoms. The van der Waals surface area contributed by atoms with Crippen LogP contribution in [-0.2, 0) is 9.59 Å². The van der Waals surface area contributed by atoms with Crippen LogP contribution in [0, 0.1) is 13.8 Å². The third-order valence-corrected chi connectivity index (χ3v) is 7.78. The van der Waals surface area contributed by atoms with E-state index in [9.17, 15) is 14.4 Å². The number of thioether (sulfide) groups is 1. The summed E-state index contributed by atoms with van der Waals surface area (Å²) in [7, 11) is 0. The number of amides is 3. The number of nitrogens with zero attached hydrogens (tertiary/aromatic N) is 4. The van der Waals surface area contributed by atoms with Gasteiger partial charge in [0, 0.05) is 48.9 Å². The van der Waals surface area contributed by atoms with Crippen LogP contribution < -0.4 is 4.90 Å². The van der Waals surface area contributed by atoms with E-state index >= 15 is 0 Å². The molecule has 3 amide bonds. The molecule has 0 saturated carbocycles. The second kappa shape index (κ2) is 10.7. The van der Waals surface area contributed by atoms with E-state index in [1.807, 2.05) is 19.9 Å². The molecule has 7 nitrogen and oxygen atoms in total. The molecule has 2 aromatic rings. The highest BCUT2D eigenvalue weighted by Crippen LogP contribution is 2.34. The number of carbonyl (C=O) groups is 3. The number of carbonyl (C=O) groups excluding carboxylic acids is 3. The van der Waals surface area contributed by atoms with Gasteiger partial charge in [0.1, 0.15) is 6.54 Å². The molecule has 35 heavy (non-hydrogen) atoms. The summed E-state index contributed by atoms with van der Waals surface area (Å²) < 4.78 is 2.15. The standard InChI is InChI=1S/C27H34N4O3S/c1-5-28(6-2)22-10-12-23(13-11-22)31-19(3)16-21(20(31)4)17-24-26(33)30(27(34)35-24)18-25(32)29-14-8-7-9-15-29/h10-13,16-17H,5-9,14-15,18H2,1-4H3. The predicted octanol–water partition coefficient (Wildman–Crippen LogP) is 4.99. The summed E-state index contributed by atoms with van der Waals surface area (Å²) >= 11 is 0.908. The van der Waals surface area contributed by atoms with Crippen molar-refractivity contribution in [2.45, 2.75) is 47.0 Å². The van der Waals surface area contributed by atoms with Crippen molar-refractivity contribution in [1.29, 1.82) is 0 Å². The molecule has 0 unspecified atom stereocenters.